The van der Waals surface area contributed by atoms with Crippen molar-refractivity contribution in [3.05, 3.63) is 64.9 Å². The predicted molar refractivity (Wildman–Crippen MR) is 97.0 cm³/mol. The average molecular weight is 346 g/mol. The summed E-state index contributed by atoms with van der Waals surface area (Å²) >= 11 is 5.93. The van der Waals surface area contributed by atoms with Gasteiger partial charge in [0.1, 0.15) is 0 Å². The molecule has 24 heavy (non-hydrogen) atoms. The quantitative estimate of drug-likeness (QED) is 0.845. The fourth-order valence-corrected chi connectivity index (χ4v) is 3.25. The number of aliphatic hydroxyl groups excluding tert-OH is 1. The molecule has 1 fully saturated rings. The molecule has 1 saturated heterocycles. The lowest BCUT2D eigenvalue weighted by molar-refractivity contribution is 0.149. The van der Waals surface area contributed by atoms with Gasteiger partial charge in [-0.3, -0.25) is 9.88 Å². The van der Waals surface area contributed by atoms with E-state index in [4.69, 9.17) is 11.6 Å². The third-order valence-electron chi connectivity index (χ3n) is 4.60. The minimum Gasteiger partial charge on any atom is -0.387 e. The van der Waals surface area contributed by atoms with Gasteiger partial charge < -0.3 is 10.4 Å². The molecule has 128 valence electrons. The number of aliphatic hydroxyl groups is 1. The largest absolute Gasteiger partial charge is 0.387 e. The number of piperidine rings is 1. The summed E-state index contributed by atoms with van der Waals surface area (Å²) in [5, 5.41) is 14.5. The van der Waals surface area contributed by atoms with Gasteiger partial charge in [-0.05, 0) is 61.3 Å². The second-order valence-electron chi connectivity index (χ2n) is 6.38. The maximum absolute atomic E-state index is 10.2. The molecule has 1 aliphatic heterocycles. The predicted octanol–water partition coefficient (Wildman–Crippen LogP) is 3.02. The maximum Gasteiger partial charge on any atom is 0.0915 e. The van der Waals surface area contributed by atoms with Crippen molar-refractivity contribution in [2.24, 2.45) is 0 Å². The molecule has 2 aromatic rings. The van der Waals surface area contributed by atoms with Crippen LogP contribution in [-0.4, -0.2) is 40.7 Å². The number of benzene rings is 1. The molecule has 3 rings (SSSR count). The Morgan fingerprint density at radius 1 is 1.12 bits per heavy atom. The molecule has 0 radical (unpaired) electrons. The number of nitrogens with one attached hydrogen (secondary N) is 1. The molecule has 1 unspecified atom stereocenters. The Bertz CT molecular complexity index is 612. The minimum atomic E-state index is -0.472. The van der Waals surface area contributed by atoms with Crippen LogP contribution >= 0.6 is 11.6 Å². The standard InChI is InChI=1S/C19H24ClN3O/c20-17-3-1-15(2-4-17)14-23-11-7-18(8-12-23)22-13-19(24)16-5-9-21-10-6-16/h1-6,9-10,18-19,22,24H,7-8,11-14H2. The molecule has 4 nitrogen and oxygen atoms in total. The molecule has 0 saturated carbocycles. The third-order valence-corrected chi connectivity index (χ3v) is 4.85. The number of rotatable bonds is 6. The highest BCUT2D eigenvalue weighted by atomic mass is 35.5. The monoisotopic (exact) mass is 345 g/mol. The van der Waals surface area contributed by atoms with Crippen LogP contribution < -0.4 is 5.32 Å². The van der Waals surface area contributed by atoms with Crippen molar-refractivity contribution in [1.82, 2.24) is 15.2 Å². The van der Waals surface area contributed by atoms with E-state index in [2.05, 4.69) is 27.3 Å². The zero-order valence-corrected chi connectivity index (χ0v) is 14.5. The summed E-state index contributed by atoms with van der Waals surface area (Å²) in [7, 11) is 0. The zero-order chi connectivity index (χ0) is 16.8. The lowest BCUT2D eigenvalue weighted by Crippen LogP contribution is -2.43. The van der Waals surface area contributed by atoms with Gasteiger partial charge in [-0.1, -0.05) is 23.7 Å². The molecule has 1 aromatic carbocycles. The van der Waals surface area contributed by atoms with Gasteiger partial charge in [0.2, 0.25) is 0 Å². The van der Waals surface area contributed by atoms with Gasteiger partial charge in [0.15, 0.2) is 0 Å². The van der Waals surface area contributed by atoms with Crippen molar-refractivity contribution in [3.8, 4) is 0 Å². The minimum absolute atomic E-state index is 0.472. The summed E-state index contributed by atoms with van der Waals surface area (Å²) in [5.74, 6) is 0. The van der Waals surface area contributed by atoms with Gasteiger partial charge in [-0.25, -0.2) is 0 Å². The molecule has 1 atom stereocenters. The van der Waals surface area contributed by atoms with E-state index in [1.807, 2.05) is 24.3 Å². The summed E-state index contributed by atoms with van der Waals surface area (Å²) in [5.41, 5.74) is 2.22. The van der Waals surface area contributed by atoms with Gasteiger partial charge in [-0.15, -0.1) is 0 Å². The number of halogens is 1. The smallest absolute Gasteiger partial charge is 0.0915 e. The molecule has 0 aliphatic carbocycles. The SMILES string of the molecule is OC(CNC1CCN(Cc2ccc(Cl)cc2)CC1)c1ccncc1. The molecule has 0 amide bonds. The van der Waals surface area contributed by atoms with Crippen LogP contribution in [0.25, 0.3) is 0 Å². The molecular formula is C19H24ClN3O. The van der Waals surface area contributed by atoms with E-state index in [1.165, 1.54) is 5.56 Å². The number of hydrogen-bond donors (Lipinski definition) is 2. The van der Waals surface area contributed by atoms with Crippen molar-refractivity contribution in [2.45, 2.75) is 31.5 Å². The average Bonchev–Trinajstić information content (AvgIpc) is 2.63. The Hall–Kier alpha value is -1.46. The summed E-state index contributed by atoms with van der Waals surface area (Å²) in [6.45, 7) is 3.71. The Morgan fingerprint density at radius 3 is 2.46 bits per heavy atom. The normalized spacial score (nSPS) is 17.8. The summed E-state index contributed by atoms with van der Waals surface area (Å²) in [6, 6.07) is 12.3. The molecule has 0 spiro atoms. The lowest BCUT2D eigenvalue weighted by atomic mass is 10.0. The van der Waals surface area contributed by atoms with Gasteiger partial charge >= 0.3 is 0 Å². The molecular weight excluding hydrogens is 322 g/mol. The number of nitrogens with zero attached hydrogens (tertiary/aromatic N) is 2. The van der Waals surface area contributed by atoms with Crippen molar-refractivity contribution in [1.29, 1.82) is 0 Å². The van der Waals surface area contributed by atoms with Gasteiger partial charge in [0, 0.05) is 36.5 Å². The number of hydrogen-bond acceptors (Lipinski definition) is 4. The van der Waals surface area contributed by atoms with E-state index in [9.17, 15) is 5.11 Å². The number of aromatic nitrogens is 1. The molecule has 0 bridgehead atoms. The summed E-state index contributed by atoms with van der Waals surface area (Å²) in [4.78, 5) is 6.45. The molecule has 2 N–H and O–H groups in total. The highest BCUT2D eigenvalue weighted by Crippen LogP contribution is 2.17. The van der Waals surface area contributed by atoms with Crippen LogP contribution in [0.3, 0.4) is 0 Å². The van der Waals surface area contributed by atoms with Crippen molar-refractivity contribution >= 4 is 11.6 Å². The fraction of sp³-hybridized carbons (Fsp3) is 0.421. The van der Waals surface area contributed by atoms with Gasteiger partial charge in [0.25, 0.3) is 0 Å². The van der Waals surface area contributed by atoms with E-state index in [1.54, 1.807) is 12.4 Å². The Labute approximate surface area is 148 Å². The molecule has 5 heteroatoms. The van der Waals surface area contributed by atoms with E-state index < -0.39 is 6.10 Å². The molecule has 1 aromatic heterocycles. The van der Waals surface area contributed by atoms with Crippen LogP contribution in [0.1, 0.15) is 30.1 Å². The van der Waals surface area contributed by atoms with Gasteiger partial charge in [0.05, 0.1) is 6.10 Å². The maximum atomic E-state index is 10.2. The van der Waals surface area contributed by atoms with Crippen LogP contribution in [0.4, 0.5) is 0 Å². The van der Waals surface area contributed by atoms with E-state index in [-0.39, 0.29) is 0 Å². The van der Waals surface area contributed by atoms with Crippen molar-refractivity contribution < 1.29 is 5.11 Å². The Morgan fingerprint density at radius 2 is 1.79 bits per heavy atom. The first-order chi connectivity index (χ1) is 11.7. The van der Waals surface area contributed by atoms with Crippen LogP contribution in [0.15, 0.2) is 48.8 Å². The first-order valence-electron chi connectivity index (χ1n) is 8.49. The van der Waals surface area contributed by atoms with Crippen LogP contribution in [0.2, 0.25) is 5.02 Å². The lowest BCUT2D eigenvalue weighted by Gasteiger charge is -2.33. The molecule has 1 aliphatic rings. The number of pyridine rings is 1. The first-order valence-corrected chi connectivity index (χ1v) is 8.86. The van der Waals surface area contributed by atoms with Crippen LogP contribution in [0, 0.1) is 0 Å². The third kappa shape index (κ3) is 5.02. The Kier molecular flexibility index (Phi) is 6.21. The highest BCUT2D eigenvalue weighted by molar-refractivity contribution is 6.30. The summed E-state index contributed by atoms with van der Waals surface area (Å²) in [6.07, 6.45) is 5.18. The van der Waals surface area contributed by atoms with E-state index >= 15 is 0 Å². The van der Waals surface area contributed by atoms with E-state index in [0.29, 0.717) is 12.6 Å². The second-order valence-corrected chi connectivity index (χ2v) is 6.82. The second kappa shape index (κ2) is 8.58. The first kappa shape index (κ1) is 17.4. The van der Waals surface area contributed by atoms with Gasteiger partial charge in [-0.2, -0.15) is 0 Å². The highest BCUT2D eigenvalue weighted by Gasteiger charge is 2.20. The fourth-order valence-electron chi connectivity index (χ4n) is 3.12. The summed E-state index contributed by atoms with van der Waals surface area (Å²) < 4.78 is 0. The molecule has 2 heterocycles. The van der Waals surface area contributed by atoms with Crippen LogP contribution in [-0.2, 0) is 6.54 Å². The Balaban J connectivity index is 1.40. The zero-order valence-electron chi connectivity index (χ0n) is 13.7. The van der Waals surface area contributed by atoms with Crippen molar-refractivity contribution in [3.63, 3.8) is 0 Å². The topological polar surface area (TPSA) is 48.4 Å². The number of likely N-dealkylation sites (tertiary alicyclic amines) is 1. The van der Waals surface area contributed by atoms with Crippen molar-refractivity contribution in [2.75, 3.05) is 19.6 Å². The van der Waals surface area contributed by atoms with Crippen LogP contribution in [0.5, 0.6) is 0 Å². The van der Waals surface area contributed by atoms with E-state index in [0.717, 1.165) is 43.1 Å².